The summed E-state index contributed by atoms with van der Waals surface area (Å²) in [5.74, 6) is 2.18. The lowest BCUT2D eigenvalue weighted by atomic mass is 10.1. The molecule has 0 aliphatic carbocycles. The third-order valence-electron chi connectivity index (χ3n) is 13.0. The van der Waals surface area contributed by atoms with E-state index in [0.29, 0.717) is 26.8 Å². The van der Waals surface area contributed by atoms with E-state index in [1.54, 1.807) is 30.3 Å². The van der Waals surface area contributed by atoms with Crippen LogP contribution in [-0.2, 0) is 9.47 Å². The number of piperidine rings is 1. The zero-order chi connectivity index (χ0) is 52.8. The molecule has 378 valence electrons. The van der Waals surface area contributed by atoms with Crippen molar-refractivity contribution in [1.82, 2.24) is 29.9 Å². The summed E-state index contributed by atoms with van der Waals surface area (Å²) in [7, 11) is 1.73. The number of hydrogen-bond acceptors (Lipinski definition) is 13. The number of nitrogens with zero attached hydrogens (tertiary/aromatic N) is 9. The first kappa shape index (κ1) is 50.1. The number of para-hydroxylation sites is 2. The van der Waals surface area contributed by atoms with Gasteiger partial charge in [0.05, 0.1) is 67.0 Å². The van der Waals surface area contributed by atoms with Gasteiger partial charge in [0, 0.05) is 61.2 Å². The topological polar surface area (TPSA) is 140 Å². The van der Waals surface area contributed by atoms with Gasteiger partial charge in [0.15, 0.2) is 5.82 Å². The molecule has 2 saturated heterocycles. The molecule has 13 nitrogen and oxygen atoms in total. The van der Waals surface area contributed by atoms with Crippen LogP contribution in [0.4, 0.5) is 21.8 Å². The summed E-state index contributed by atoms with van der Waals surface area (Å²) in [5.41, 5.74) is 9.41. The van der Waals surface area contributed by atoms with E-state index < -0.39 is 7.15 Å². The minimum absolute atomic E-state index is 0.385. The van der Waals surface area contributed by atoms with Gasteiger partial charge in [-0.3, -0.25) is 4.39 Å². The van der Waals surface area contributed by atoms with Crippen LogP contribution in [0.1, 0.15) is 41.3 Å². The molecule has 75 heavy (non-hydrogen) atoms. The van der Waals surface area contributed by atoms with Crippen molar-refractivity contribution in [1.29, 1.82) is 0 Å². The van der Waals surface area contributed by atoms with E-state index in [4.69, 9.17) is 30.8 Å². The predicted molar refractivity (Wildman–Crippen MR) is 301 cm³/mol. The third-order valence-corrected chi connectivity index (χ3v) is 13.5. The van der Waals surface area contributed by atoms with Crippen LogP contribution in [-0.4, -0.2) is 102 Å². The smallest absolute Gasteiger partial charge is 0.337 e. The lowest BCUT2D eigenvalue weighted by Gasteiger charge is -2.36. The Balaban J connectivity index is 0.000000149. The van der Waals surface area contributed by atoms with E-state index in [9.17, 15) is 14.0 Å². The molecule has 2 aliphatic rings. The summed E-state index contributed by atoms with van der Waals surface area (Å²) in [4.78, 5) is 59.3. The highest BCUT2D eigenvalue weighted by molar-refractivity contribution is 9.10. The first-order valence-corrected chi connectivity index (χ1v) is 25.4. The fraction of sp³-hybridized carbons (Fsp3) is 0.200. The van der Waals surface area contributed by atoms with E-state index in [-0.39, 0.29) is 11.9 Å². The summed E-state index contributed by atoms with van der Waals surface area (Å²) in [5, 5.41) is 2.37. The number of carbonyl (C=O) groups excluding carboxylic acids is 2. The number of fused-ring (bicyclic) bond motifs is 4. The highest BCUT2D eigenvalue weighted by Crippen LogP contribution is 2.32. The Morgan fingerprint density at radius 1 is 0.467 bits per heavy atom. The van der Waals surface area contributed by atoms with Crippen molar-refractivity contribution in [3.63, 3.8) is 0 Å². The van der Waals surface area contributed by atoms with E-state index in [0.717, 1.165) is 107 Å². The Hall–Kier alpha value is -8.43. The monoisotopic (exact) mass is 1060 g/mol. The lowest BCUT2D eigenvalue weighted by Crippen LogP contribution is -2.47. The van der Waals surface area contributed by atoms with Gasteiger partial charge in [-0.1, -0.05) is 97.1 Å². The SMILES string of the molecule is COC(=O)c1ccc2nc(-c3ccccc3)c(Br)nc2c1.COC(=O)c1ccc2nc(-c3ccccc3)c(N3CCN(c4ccc5ccccc5n4)CC3)nc2c1.[2H]CF.c1ccc2nc(N3CCCCC3)ccc2c1. The Kier molecular flexibility index (Phi) is 16.4. The van der Waals surface area contributed by atoms with Gasteiger partial charge >= 0.3 is 11.9 Å². The van der Waals surface area contributed by atoms with Crippen molar-refractivity contribution in [2.75, 3.05) is 75.3 Å². The Labute approximate surface area is 444 Å². The average Bonchev–Trinajstić information content (AvgIpc) is 3.49. The van der Waals surface area contributed by atoms with Gasteiger partial charge in [-0.05, 0) is 108 Å². The maximum Gasteiger partial charge on any atom is 0.337 e. The van der Waals surface area contributed by atoms with Gasteiger partial charge in [-0.15, -0.1) is 0 Å². The molecule has 0 unspecified atom stereocenters. The van der Waals surface area contributed by atoms with Crippen LogP contribution in [0, 0.1) is 0 Å². The zero-order valence-electron chi connectivity index (χ0n) is 42.7. The standard InChI is InChI=1S/C29H25N5O2.C16H11BrN2O2.C14H16N2.CH3F/c1-36-29(35)22-11-13-24-25(19-22)32-28(27(31-24)21-8-3-2-4-9-21)34-17-15-33(16-18-34)26-14-12-20-7-5-6-10-23(20)30-26;1-21-16(20)11-7-8-12-13(9-11)19-15(17)14(18-12)10-5-3-2-4-6-10;1-4-10-16(11-5-1)14-9-8-12-6-2-3-7-13(12)15-14;1-2/h2-14,19H,15-18H2,1H3;2-9H,1H3;2-3,6-9H,1,4-5,10-11H2;1H3/i;;;1D. The fourth-order valence-electron chi connectivity index (χ4n) is 9.09. The molecule has 12 rings (SSSR count). The second-order valence-corrected chi connectivity index (χ2v) is 18.4. The van der Waals surface area contributed by atoms with Crippen LogP contribution < -0.4 is 14.7 Å². The van der Waals surface area contributed by atoms with E-state index in [2.05, 4.69) is 113 Å². The lowest BCUT2D eigenvalue weighted by molar-refractivity contribution is 0.0592. The minimum atomic E-state index is -1.00. The largest absolute Gasteiger partial charge is 0.465 e. The van der Waals surface area contributed by atoms with Crippen molar-refractivity contribution in [2.24, 2.45) is 0 Å². The highest BCUT2D eigenvalue weighted by Gasteiger charge is 2.24. The first-order chi connectivity index (χ1) is 37.2. The van der Waals surface area contributed by atoms with Gasteiger partial charge < -0.3 is 24.2 Å². The quantitative estimate of drug-likeness (QED) is 0.140. The van der Waals surface area contributed by atoms with Crippen LogP contribution in [0.25, 0.3) is 66.4 Å². The number of benzene rings is 6. The molecule has 0 radical (unpaired) electrons. The van der Waals surface area contributed by atoms with Gasteiger partial charge in [-0.25, -0.2) is 39.5 Å². The summed E-state index contributed by atoms with van der Waals surface area (Å²) >= 11 is 3.44. The molecule has 2 aliphatic heterocycles. The van der Waals surface area contributed by atoms with E-state index >= 15 is 0 Å². The summed E-state index contributed by atoms with van der Waals surface area (Å²) in [6.07, 6.45) is 3.97. The summed E-state index contributed by atoms with van der Waals surface area (Å²) in [6, 6.07) is 55.4. The molecule has 6 heterocycles. The number of ether oxygens (including phenoxy) is 2. The maximum absolute atomic E-state index is 12.1. The second-order valence-electron chi connectivity index (χ2n) is 17.6. The van der Waals surface area contributed by atoms with Crippen LogP contribution >= 0.6 is 15.9 Å². The van der Waals surface area contributed by atoms with E-state index in [1.807, 2.05) is 66.7 Å². The molecule has 0 bridgehead atoms. The number of hydrogen-bond donors (Lipinski definition) is 0. The van der Waals surface area contributed by atoms with Crippen LogP contribution in [0.3, 0.4) is 0 Å². The van der Waals surface area contributed by atoms with Crippen LogP contribution in [0.15, 0.2) is 174 Å². The molecule has 0 atom stereocenters. The number of esters is 2. The molecule has 0 amide bonds. The number of piperazine rings is 1. The molecule has 15 heteroatoms. The molecule has 0 spiro atoms. The number of carbonyl (C=O) groups is 2. The molecule has 0 saturated carbocycles. The number of anilines is 3. The normalized spacial score (nSPS) is 13.4. The van der Waals surface area contributed by atoms with Crippen molar-refractivity contribution in [2.45, 2.75) is 19.3 Å². The third kappa shape index (κ3) is 12.2. The summed E-state index contributed by atoms with van der Waals surface area (Å²) < 4.78 is 25.7. The van der Waals surface area contributed by atoms with Crippen molar-refractivity contribution in [3.05, 3.63) is 186 Å². The highest BCUT2D eigenvalue weighted by atomic mass is 79.9. The van der Waals surface area contributed by atoms with Crippen molar-refractivity contribution in [3.8, 4) is 22.5 Å². The number of aromatic nitrogens is 6. The molecule has 4 aromatic heterocycles. The average molecular weight is 1070 g/mol. The van der Waals surface area contributed by atoms with Gasteiger partial charge in [0.25, 0.3) is 0 Å². The molecular weight excluding hydrogens is 1010 g/mol. The molecule has 0 N–H and O–H groups in total. The molecule has 2 fully saturated rings. The van der Waals surface area contributed by atoms with Crippen LogP contribution in [0.5, 0.6) is 0 Å². The Morgan fingerprint density at radius 3 is 1.43 bits per heavy atom. The first-order valence-electron chi connectivity index (χ1n) is 25.3. The van der Waals surface area contributed by atoms with Crippen molar-refractivity contribution < 1.29 is 24.8 Å². The maximum atomic E-state index is 12.1. The fourth-order valence-corrected chi connectivity index (χ4v) is 9.60. The number of halogens is 2. The molecule has 10 aromatic rings. The number of methoxy groups -OCH3 is 2. The van der Waals surface area contributed by atoms with Crippen molar-refractivity contribution >= 4 is 89.2 Å². The van der Waals surface area contributed by atoms with E-state index in [1.165, 1.54) is 38.9 Å². The Morgan fingerprint density at radius 2 is 0.907 bits per heavy atom. The Bertz CT molecular complexity index is 3610. The van der Waals surface area contributed by atoms with Gasteiger partial charge in [-0.2, -0.15) is 0 Å². The number of rotatable bonds is 7. The minimum Gasteiger partial charge on any atom is -0.465 e. The second kappa shape index (κ2) is 24.5. The van der Waals surface area contributed by atoms with Gasteiger partial charge in [0.2, 0.25) is 0 Å². The predicted octanol–water partition coefficient (Wildman–Crippen LogP) is 12.6. The molecule has 6 aromatic carbocycles. The van der Waals surface area contributed by atoms with Crippen LogP contribution in [0.2, 0.25) is 0 Å². The van der Waals surface area contributed by atoms with Gasteiger partial charge in [0.1, 0.15) is 27.6 Å². The number of alkyl halides is 1. The number of pyridine rings is 2. The zero-order valence-corrected chi connectivity index (χ0v) is 43.2. The molecular formula is C60H55BrFN9O4. The summed E-state index contributed by atoms with van der Waals surface area (Å²) in [6.45, 7) is 5.52.